The molecule has 0 saturated heterocycles. The molecule has 2 heteroatoms. The molecule has 0 heterocycles. The van der Waals surface area contributed by atoms with Gasteiger partial charge < -0.3 is 5.11 Å². The summed E-state index contributed by atoms with van der Waals surface area (Å²) in [4.78, 5) is 0. The molecule has 14 heavy (non-hydrogen) atoms. The summed E-state index contributed by atoms with van der Waals surface area (Å²) in [5, 5.41) is 10.3. The van der Waals surface area contributed by atoms with Gasteiger partial charge in [-0.3, -0.25) is 0 Å². The van der Waals surface area contributed by atoms with Gasteiger partial charge in [0.15, 0.2) is 0 Å². The molecule has 0 saturated carbocycles. The van der Waals surface area contributed by atoms with E-state index in [4.69, 9.17) is 0 Å². The van der Waals surface area contributed by atoms with Crippen LogP contribution in [0.15, 0.2) is 22.7 Å². The van der Waals surface area contributed by atoms with Crippen molar-refractivity contribution >= 4 is 15.9 Å². The Balaban J connectivity index is 3.12. The van der Waals surface area contributed by atoms with E-state index in [-0.39, 0.29) is 0 Å². The first-order valence-corrected chi connectivity index (χ1v) is 5.81. The van der Waals surface area contributed by atoms with Gasteiger partial charge in [-0.05, 0) is 37.0 Å². The second-order valence-corrected chi connectivity index (χ2v) is 4.56. The van der Waals surface area contributed by atoms with Crippen LogP contribution in [0.1, 0.15) is 37.8 Å². The molecule has 0 aromatic heterocycles. The van der Waals surface area contributed by atoms with Crippen LogP contribution in [0.3, 0.4) is 0 Å². The van der Waals surface area contributed by atoms with Crippen LogP contribution in [-0.2, 0) is 5.60 Å². The first-order valence-electron chi connectivity index (χ1n) is 5.02. The van der Waals surface area contributed by atoms with Crippen LogP contribution in [0, 0.1) is 6.92 Å². The van der Waals surface area contributed by atoms with E-state index in [9.17, 15) is 5.11 Å². The van der Waals surface area contributed by atoms with Gasteiger partial charge in [0.25, 0.3) is 0 Å². The molecule has 0 unspecified atom stereocenters. The van der Waals surface area contributed by atoms with Gasteiger partial charge in [-0.15, -0.1) is 0 Å². The number of aryl methyl sites for hydroxylation is 1. The Hall–Kier alpha value is -0.340. The van der Waals surface area contributed by atoms with Gasteiger partial charge in [-0.1, -0.05) is 41.9 Å². The Kier molecular flexibility index (Phi) is 3.73. The van der Waals surface area contributed by atoms with E-state index in [1.165, 1.54) is 5.56 Å². The Labute approximate surface area is 94.3 Å². The van der Waals surface area contributed by atoms with Gasteiger partial charge in [0, 0.05) is 4.47 Å². The SMILES string of the molecule is CCC(O)(CC)c1ccc(C)c(Br)c1. The highest BCUT2D eigenvalue weighted by Gasteiger charge is 2.24. The van der Waals surface area contributed by atoms with E-state index in [0.29, 0.717) is 0 Å². The highest BCUT2D eigenvalue weighted by molar-refractivity contribution is 9.10. The molecule has 0 aliphatic rings. The minimum absolute atomic E-state index is 0.670. The minimum Gasteiger partial charge on any atom is -0.385 e. The zero-order valence-electron chi connectivity index (χ0n) is 8.97. The van der Waals surface area contributed by atoms with Crippen molar-refractivity contribution in [3.05, 3.63) is 33.8 Å². The fourth-order valence-electron chi connectivity index (χ4n) is 1.54. The third-order valence-corrected chi connectivity index (χ3v) is 3.73. The predicted octanol–water partition coefficient (Wildman–Crippen LogP) is 3.77. The topological polar surface area (TPSA) is 20.2 Å². The van der Waals surface area contributed by atoms with Crippen molar-refractivity contribution in [3.63, 3.8) is 0 Å². The predicted molar refractivity (Wildman–Crippen MR) is 63.4 cm³/mol. The number of rotatable bonds is 3. The number of halogens is 1. The van der Waals surface area contributed by atoms with Crippen molar-refractivity contribution in [1.29, 1.82) is 0 Å². The molecule has 1 rings (SSSR count). The zero-order valence-corrected chi connectivity index (χ0v) is 10.6. The van der Waals surface area contributed by atoms with E-state index in [2.05, 4.69) is 15.9 Å². The molecule has 0 spiro atoms. The van der Waals surface area contributed by atoms with E-state index in [0.717, 1.165) is 22.9 Å². The van der Waals surface area contributed by atoms with Crippen molar-refractivity contribution < 1.29 is 5.11 Å². The van der Waals surface area contributed by atoms with Crippen molar-refractivity contribution in [2.24, 2.45) is 0 Å². The van der Waals surface area contributed by atoms with Crippen molar-refractivity contribution in [3.8, 4) is 0 Å². The van der Waals surface area contributed by atoms with Crippen LogP contribution < -0.4 is 0 Å². The summed E-state index contributed by atoms with van der Waals surface area (Å²) in [6, 6.07) is 6.06. The number of hydrogen-bond acceptors (Lipinski definition) is 1. The lowest BCUT2D eigenvalue weighted by Crippen LogP contribution is -2.23. The summed E-state index contributed by atoms with van der Waals surface area (Å²) in [6.45, 7) is 6.07. The van der Waals surface area contributed by atoms with Crippen LogP contribution in [0.25, 0.3) is 0 Å². The van der Waals surface area contributed by atoms with E-state index in [1.807, 2.05) is 39.0 Å². The normalized spacial score (nSPS) is 11.8. The standard InChI is InChI=1S/C12H17BrO/c1-4-12(14,5-2)10-7-6-9(3)11(13)8-10/h6-8,14H,4-5H2,1-3H3. The van der Waals surface area contributed by atoms with Crippen molar-refractivity contribution in [2.45, 2.75) is 39.2 Å². The highest BCUT2D eigenvalue weighted by Crippen LogP contribution is 2.31. The smallest absolute Gasteiger partial charge is 0.0891 e. The average Bonchev–Trinajstić information content (AvgIpc) is 2.21. The van der Waals surface area contributed by atoms with Gasteiger partial charge in [-0.25, -0.2) is 0 Å². The van der Waals surface area contributed by atoms with Gasteiger partial charge in [0.05, 0.1) is 5.60 Å². The van der Waals surface area contributed by atoms with Gasteiger partial charge in [0.1, 0.15) is 0 Å². The van der Waals surface area contributed by atoms with E-state index in [1.54, 1.807) is 0 Å². The zero-order chi connectivity index (χ0) is 10.8. The maximum absolute atomic E-state index is 10.3. The summed E-state index contributed by atoms with van der Waals surface area (Å²) < 4.78 is 1.07. The lowest BCUT2D eigenvalue weighted by Gasteiger charge is -2.26. The second-order valence-electron chi connectivity index (χ2n) is 3.70. The molecule has 0 fully saturated rings. The molecular formula is C12H17BrO. The molecule has 1 aromatic rings. The first kappa shape index (κ1) is 11.7. The molecule has 0 amide bonds. The summed E-state index contributed by atoms with van der Waals surface area (Å²) in [5.41, 5.74) is 1.53. The van der Waals surface area contributed by atoms with Crippen LogP contribution in [0.2, 0.25) is 0 Å². The Morgan fingerprint density at radius 3 is 2.29 bits per heavy atom. The van der Waals surface area contributed by atoms with E-state index >= 15 is 0 Å². The summed E-state index contributed by atoms with van der Waals surface area (Å²) >= 11 is 3.49. The Bertz CT molecular complexity index is 316. The van der Waals surface area contributed by atoms with Gasteiger partial charge in [-0.2, -0.15) is 0 Å². The van der Waals surface area contributed by atoms with Crippen molar-refractivity contribution in [1.82, 2.24) is 0 Å². The molecular weight excluding hydrogens is 240 g/mol. The third kappa shape index (κ3) is 2.18. The molecule has 78 valence electrons. The molecule has 0 radical (unpaired) electrons. The molecule has 0 aliphatic carbocycles. The van der Waals surface area contributed by atoms with Crippen LogP contribution in [-0.4, -0.2) is 5.11 Å². The number of hydrogen-bond donors (Lipinski definition) is 1. The van der Waals surface area contributed by atoms with Crippen LogP contribution >= 0.6 is 15.9 Å². The van der Waals surface area contributed by atoms with E-state index < -0.39 is 5.60 Å². The van der Waals surface area contributed by atoms with Crippen LogP contribution in [0.4, 0.5) is 0 Å². The van der Waals surface area contributed by atoms with Crippen molar-refractivity contribution in [2.75, 3.05) is 0 Å². The second kappa shape index (κ2) is 4.45. The van der Waals surface area contributed by atoms with Crippen LogP contribution in [0.5, 0.6) is 0 Å². The molecule has 0 atom stereocenters. The quantitative estimate of drug-likeness (QED) is 0.873. The molecule has 1 aromatic carbocycles. The monoisotopic (exact) mass is 256 g/mol. The number of benzene rings is 1. The summed E-state index contributed by atoms with van der Waals surface area (Å²) in [7, 11) is 0. The molecule has 1 nitrogen and oxygen atoms in total. The molecule has 0 bridgehead atoms. The van der Waals surface area contributed by atoms with Gasteiger partial charge >= 0.3 is 0 Å². The highest BCUT2D eigenvalue weighted by atomic mass is 79.9. The molecule has 0 aliphatic heterocycles. The maximum atomic E-state index is 10.3. The van der Waals surface area contributed by atoms with Gasteiger partial charge in [0.2, 0.25) is 0 Å². The Morgan fingerprint density at radius 2 is 1.86 bits per heavy atom. The average molecular weight is 257 g/mol. The Morgan fingerprint density at radius 1 is 1.29 bits per heavy atom. The summed E-state index contributed by atoms with van der Waals surface area (Å²) in [6.07, 6.45) is 1.50. The number of aliphatic hydroxyl groups is 1. The fraction of sp³-hybridized carbons (Fsp3) is 0.500. The minimum atomic E-state index is -0.670. The summed E-state index contributed by atoms with van der Waals surface area (Å²) in [5.74, 6) is 0. The molecule has 1 N–H and O–H groups in total. The fourth-order valence-corrected chi connectivity index (χ4v) is 1.92. The first-order chi connectivity index (χ1) is 6.53. The third-order valence-electron chi connectivity index (χ3n) is 2.88. The maximum Gasteiger partial charge on any atom is 0.0891 e. The lowest BCUT2D eigenvalue weighted by molar-refractivity contribution is 0.0283. The largest absolute Gasteiger partial charge is 0.385 e. The lowest BCUT2D eigenvalue weighted by atomic mass is 9.88.